The van der Waals surface area contributed by atoms with Crippen LogP contribution in [0.2, 0.25) is 0 Å². The van der Waals surface area contributed by atoms with Gasteiger partial charge in [-0.05, 0) is 24.6 Å². The zero-order valence-corrected chi connectivity index (χ0v) is 14.2. The van der Waals surface area contributed by atoms with Crippen molar-refractivity contribution in [1.82, 2.24) is 10.2 Å². The first kappa shape index (κ1) is 16.7. The molecule has 25 heavy (non-hydrogen) atoms. The lowest BCUT2D eigenvalue weighted by molar-refractivity contribution is -0.222. The van der Waals surface area contributed by atoms with Crippen LogP contribution in [-0.4, -0.2) is 27.9 Å². The molecule has 2 heterocycles. The monoisotopic (exact) mass is 343 g/mol. The van der Waals surface area contributed by atoms with E-state index in [2.05, 4.69) is 15.5 Å². The quantitative estimate of drug-likeness (QED) is 0.515. The van der Waals surface area contributed by atoms with Gasteiger partial charge in [-0.1, -0.05) is 6.07 Å². The third-order valence-electron chi connectivity index (χ3n) is 3.50. The molecule has 0 aliphatic carbocycles. The van der Waals surface area contributed by atoms with Crippen LogP contribution in [0.25, 0.3) is 11.5 Å². The maximum Gasteiger partial charge on any atom is 0.350 e. The fraction of sp³-hybridized carbons (Fsp3) is 0.294. The molecule has 0 saturated carbocycles. The minimum absolute atomic E-state index is 0.210. The van der Waals surface area contributed by atoms with Gasteiger partial charge in [0, 0.05) is 38.2 Å². The number of anilines is 1. The van der Waals surface area contributed by atoms with Crippen molar-refractivity contribution < 1.29 is 23.5 Å². The van der Waals surface area contributed by atoms with Crippen molar-refractivity contribution in [3.8, 4) is 11.5 Å². The van der Waals surface area contributed by atoms with E-state index in [0.29, 0.717) is 23.0 Å². The summed E-state index contributed by atoms with van der Waals surface area (Å²) in [7, 11) is 0. The van der Waals surface area contributed by atoms with Crippen molar-refractivity contribution in [3.05, 3.63) is 41.4 Å². The van der Waals surface area contributed by atoms with E-state index < -0.39 is 17.7 Å². The van der Waals surface area contributed by atoms with Gasteiger partial charge in [0.2, 0.25) is 11.8 Å². The number of ether oxygens (including phenoxy) is 2. The number of carbonyl (C=O) groups excluding carboxylic acids is 2. The Morgan fingerprint density at radius 2 is 1.76 bits per heavy atom. The van der Waals surface area contributed by atoms with E-state index in [4.69, 9.17) is 13.9 Å². The number of nitrogens with zero attached hydrogens (tertiary/aromatic N) is 2. The predicted octanol–water partition coefficient (Wildman–Crippen LogP) is 2.49. The topological polar surface area (TPSA) is 104 Å². The molecule has 1 saturated heterocycles. The molecule has 1 N–H and O–H groups in total. The molecule has 8 nitrogen and oxygen atoms in total. The number of esters is 2. The van der Waals surface area contributed by atoms with Crippen LogP contribution in [0.1, 0.15) is 25.3 Å². The Kier molecular flexibility index (Phi) is 4.03. The van der Waals surface area contributed by atoms with E-state index in [9.17, 15) is 9.59 Å². The van der Waals surface area contributed by atoms with E-state index >= 15 is 0 Å². The van der Waals surface area contributed by atoms with Crippen molar-refractivity contribution in [2.45, 2.75) is 33.5 Å². The summed E-state index contributed by atoms with van der Waals surface area (Å²) in [6.45, 7) is 6.57. The van der Waals surface area contributed by atoms with Crippen LogP contribution in [0.15, 0.2) is 34.4 Å². The fourth-order valence-electron chi connectivity index (χ4n) is 2.25. The summed E-state index contributed by atoms with van der Waals surface area (Å²) < 4.78 is 15.5. The van der Waals surface area contributed by atoms with Crippen molar-refractivity contribution in [1.29, 1.82) is 0 Å². The second-order valence-corrected chi connectivity index (χ2v) is 6.04. The van der Waals surface area contributed by atoms with E-state index in [1.54, 1.807) is 13.0 Å². The van der Waals surface area contributed by atoms with Gasteiger partial charge < -0.3 is 19.2 Å². The molecule has 1 fully saturated rings. The first-order valence-electron chi connectivity index (χ1n) is 7.60. The molecular weight excluding hydrogens is 326 g/mol. The first-order chi connectivity index (χ1) is 11.7. The van der Waals surface area contributed by atoms with Crippen LogP contribution in [0.4, 0.5) is 5.69 Å². The van der Waals surface area contributed by atoms with Gasteiger partial charge in [0.1, 0.15) is 0 Å². The largest absolute Gasteiger partial charge is 0.421 e. The number of rotatable bonds is 3. The number of aromatic nitrogens is 2. The van der Waals surface area contributed by atoms with Gasteiger partial charge in [-0.2, -0.15) is 0 Å². The molecule has 0 atom stereocenters. The highest BCUT2D eigenvalue weighted by molar-refractivity contribution is 6.15. The third kappa shape index (κ3) is 3.52. The SMILES string of the molecule is Cc1nnc(-c2ccc(C)c(NC=C3C(=O)OC(C)(C)OC3=O)c2)o1. The van der Waals surface area contributed by atoms with Gasteiger partial charge in [0.25, 0.3) is 5.79 Å². The van der Waals surface area contributed by atoms with E-state index in [1.165, 1.54) is 20.0 Å². The Morgan fingerprint density at radius 1 is 1.08 bits per heavy atom. The molecule has 0 amide bonds. The van der Waals surface area contributed by atoms with Crippen molar-refractivity contribution in [2.24, 2.45) is 0 Å². The molecule has 1 aliphatic heterocycles. The molecule has 1 aromatic heterocycles. The van der Waals surface area contributed by atoms with Crippen LogP contribution < -0.4 is 5.32 Å². The molecule has 1 aliphatic rings. The van der Waals surface area contributed by atoms with E-state index in [1.807, 2.05) is 19.1 Å². The molecule has 0 bridgehead atoms. The Balaban J connectivity index is 1.86. The number of carbonyl (C=O) groups is 2. The summed E-state index contributed by atoms with van der Waals surface area (Å²) in [6, 6.07) is 5.48. The number of aryl methyl sites for hydroxylation is 2. The molecule has 0 unspecified atom stereocenters. The van der Waals surface area contributed by atoms with Gasteiger partial charge >= 0.3 is 11.9 Å². The average molecular weight is 343 g/mol. The molecule has 1 aromatic carbocycles. The van der Waals surface area contributed by atoms with Gasteiger partial charge in [0.15, 0.2) is 5.57 Å². The second kappa shape index (κ2) is 6.04. The summed E-state index contributed by atoms with van der Waals surface area (Å²) in [5.41, 5.74) is 2.07. The summed E-state index contributed by atoms with van der Waals surface area (Å²) in [5.74, 6) is -1.91. The highest BCUT2D eigenvalue weighted by Crippen LogP contribution is 2.26. The molecule has 0 spiro atoms. The van der Waals surface area contributed by atoms with Crippen LogP contribution >= 0.6 is 0 Å². The first-order valence-corrected chi connectivity index (χ1v) is 7.60. The number of benzene rings is 1. The minimum atomic E-state index is -1.27. The summed E-state index contributed by atoms with van der Waals surface area (Å²) >= 11 is 0. The molecule has 2 aromatic rings. The maximum absolute atomic E-state index is 12.0. The number of nitrogens with one attached hydrogen (secondary N) is 1. The van der Waals surface area contributed by atoms with Crippen LogP contribution in [0, 0.1) is 13.8 Å². The molecule has 0 radical (unpaired) electrons. The van der Waals surface area contributed by atoms with Gasteiger partial charge in [-0.25, -0.2) is 9.59 Å². The number of hydrogen-bond donors (Lipinski definition) is 1. The minimum Gasteiger partial charge on any atom is -0.421 e. The Labute approximate surface area is 143 Å². The van der Waals surface area contributed by atoms with E-state index in [-0.39, 0.29) is 5.57 Å². The highest BCUT2D eigenvalue weighted by Gasteiger charge is 2.38. The van der Waals surface area contributed by atoms with Crippen molar-refractivity contribution in [3.63, 3.8) is 0 Å². The van der Waals surface area contributed by atoms with Crippen molar-refractivity contribution >= 4 is 17.6 Å². The molecule has 3 rings (SSSR count). The zero-order chi connectivity index (χ0) is 18.2. The molecule has 8 heteroatoms. The van der Waals surface area contributed by atoms with Gasteiger partial charge in [-0.15, -0.1) is 10.2 Å². The third-order valence-corrected chi connectivity index (χ3v) is 3.50. The van der Waals surface area contributed by atoms with Crippen LogP contribution in [0.3, 0.4) is 0 Å². The lowest BCUT2D eigenvalue weighted by Crippen LogP contribution is -2.42. The lowest BCUT2D eigenvalue weighted by Gasteiger charge is -2.29. The number of cyclic esters (lactones) is 2. The predicted molar refractivity (Wildman–Crippen MR) is 87.2 cm³/mol. The summed E-state index contributed by atoms with van der Waals surface area (Å²) in [6.07, 6.45) is 1.27. The van der Waals surface area contributed by atoms with Crippen molar-refractivity contribution in [2.75, 3.05) is 5.32 Å². The average Bonchev–Trinajstić information content (AvgIpc) is 2.93. The Hall–Kier alpha value is -3.16. The summed E-state index contributed by atoms with van der Waals surface area (Å²) in [5, 5.41) is 10.7. The normalized spacial score (nSPS) is 16.2. The van der Waals surface area contributed by atoms with Crippen LogP contribution in [-0.2, 0) is 19.1 Å². The molecule has 130 valence electrons. The van der Waals surface area contributed by atoms with Crippen LogP contribution in [0.5, 0.6) is 0 Å². The van der Waals surface area contributed by atoms with E-state index in [0.717, 1.165) is 5.56 Å². The Morgan fingerprint density at radius 3 is 2.36 bits per heavy atom. The fourth-order valence-corrected chi connectivity index (χ4v) is 2.25. The second-order valence-electron chi connectivity index (χ2n) is 6.04. The highest BCUT2D eigenvalue weighted by atomic mass is 16.7. The maximum atomic E-state index is 12.0. The standard InChI is InChI=1S/C17H17N3O5/c1-9-5-6-11(14-20-19-10(2)23-14)7-13(9)18-8-12-15(21)24-17(3,4)25-16(12)22/h5-8,18H,1-4H3. The smallest absolute Gasteiger partial charge is 0.350 e. The lowest BCUT2D eigenvalue weighted by atomic mass is 10.1. The number of hydrogen-bond acceptors (Lipinski definition) is 8. The zero-order valence-electron chi connectivity index (χ0n) is 14.2. The Bertz CT molecular complexity index is 860. The summed E-state index contributed by atoms with van der Waals surface area (Å²) in [4.78, 5) is 23.9. The molecular formula is C17H17N3O5. The van der Waals surface area contributed by atoms with Gasteiger partial charge in [0.05, 0.1) is 0 Å². The van der Waals surface area contributed by atoms with Gasteiger partial charge in [-0.3, -0.25) is 0 Å².